The first-order valence-electron chi connectivity index (χ1n) is 12.9. The number of fused-ring (bicyclic) bond motifs is 2. The number of rotatable bonds is 10. The number of hydrogen-bond donors (Lipinski definition) is 0. The van der Waals surface area contributed by atoms with E-state index in [2.05, 4.69) is 104 Å². The minimum atomic E-state index is 0.404. The number of para-hydroxylation sites is 2. The summed E-state index contributed by atoms with van der Waals surface area (Å²) in [6.07, 6.45) is 1.96. The van der Waals surface area contributed by atoms with Gasteiger partial charge in [-0.05, 0) is 66.5 Å². The van der Waals surface area contributed by atoms with Gasteiger partial charge in [-0.15, -0.1) is 0 Å². The van der Waals surface area contributed by atoms with Crippen molar-refractivity contribution in [3.05, 3.63) is 102 Å². The first-order chi connectivity index (χ1) is 17.6. The molecular formula is C32H34N2O2. The van der Waals surface area contributed by atoms with Gasteiger partial charge < -0.3 is 14.0 Å². The van der Waals surface area contributed by atoms with E-state index in [1.165, 1.54) is 16.5 Å². The maximum Gasteiger partial charge on any atom is 0.147 e. The Morgan fingerprint density at radius 3 is 2.50 bits per heavy atom. The topological polar surface area (TPSA) is 36.3 Å². The van der Waals surface area contributed by atoms with Gasteiger partial charge in [0.25, 0.3) is 0 Å². The highest BCUT2D eigenvalue weighted by Gasteiger charge is 2.14. The molecule has 1 aromatic heterocycles. The van der Waals surface area contributed by atoms with Crippen LogP contribution in [-0.2, 0) is 13.2 Å². The summed E-state index contributed by atoms with van der Waals surface area (Å²) in [4.78, 5) is 4.91. The molecule has 36 heavy (non-hydrogen) atoms. The highest BCUT2D eigenvalue weighted by molar-refractivity contribution is 5.88. The first-order valence-corrected chi connectivity index (χ1v) is 12.9. The third kappa shape index (κ3) is 5.23. The monoisotopic (exact) mass is 478 g/mol. The van der Waals surface area contributed by atoms with Crippen LogP contribution in [0.2, 0.25) is 0 Å². The van der Waals surface area contributed by atoms with Crippen molar-refractivity contribution in [3.8, 4) is 11.5 Å². The minimum absolute atomic E-state index is 0.404. The predicted octanol–water partition coefficient (Wildman–Crippen LogP) is 8.06. The van der Waals surface area contributed by atoms with Gasteiger partial charge in [0.05, 0.1) is 17.6 Å². The molecule has 4 heteroatoms. The number of ether oxygens (including phenoxy) is 2. The molecule has 0 fully saturated rings. The van der Waals surface area contributed by atoms with Crippen LogP contribution in [0.25, 0.3) is 21.8 Å². The summed E-state index contributed by atoms with van der Waals surface area (Å²) in [5, 5.41) is 2.37. The lowest BCUT2D eigenvalue weighted by Crippen LogP contribution is -2.09. The lowest BCUT2D eigenvalue weighted by molar-refractivity contribution is 0.282. The van der Waals surface area contributed by atoms with Crippen LogP contribution in [-0.4, -0.2) is 16.2 Å². The fourth-order valence-electron chi connectivity index (χ4n) is 4.75. The normalized spacial score (nSPS) is 11.4. The highest BCUT2D eigenvalue weighted by atomic mass is 16.5. The Bertz CT molecular complexity index is 1460. The van der Waals surface area contributed by atoms with Gasteiger partial charge in [-0.3, -0.25) is 0 Å². The molecule has 0 spiro atoms. The van der Waals surface area contributed by atoms with Crippen LogP contribution in [0, 0.1) is 6.92 Å². The number of benzene rings is 4. The molecule has 0 atom stereocenters. The number of aryl methyl sites for hydroxylation is 2. The fraction of sp³-hybridized carbons (Fsp3) is 0.281. The van der Waals surface area contributed by atoms with Crippen molar-refractivity contribution in [2.24, 2.45) is 0 Å². The Morgan fingerprint density at radius 1 is 0.806 bits per heavy atom. The molecule has 5 rings (SSSR count). The molecule has 4 aromatic carbocycles. The van der Waals surface area contributed by atoms with Crippen LogP contribution in [0.1, 0.15) is 49.6 Å². The molecule has 5 aromatic rings. The molecule has 0 aliphatic carbocycles. The van der Waals surface area contributed by atoms with Crippen LogP contribution in [0.4, 0.5) is 0 Å². The molecule has 0 saturated heterocycles. The van der Waals surface area contributed by atoms with E-state index in [1.807, 2.05) is 6.07 Å². The Morgan fingerprint density at radius 2 is 1.61 bits per heavy atom. The molecule has 4 nitrogen and oxygen atoms in total. The quantitative estimate of drug-likeness (QED) is 0.190. The summed E-state index contributed by atoms with van der Waals surface area (Å²) in [6, 6.07) is 29.4. The summed E-state index contributed by atoms with van der Waals surface area (Å²) in [5.74, 6) is 3.27. The third-order valence-corrected chi connectivity index (χ3v) is 6.66. The summed E-state index contributed by atoms with van der Waals surface area (Å²) in [7, 11) is 0. The second kappa shape index (κ2) is 10.9. The highest BCUT2D eigenvalue weighted by Crippen LogP contribution is 2.29. The minimum Gasteiger partial charge on any atom is -0.493 e. The van der Waals surface area contributed by atoms with E-state index in [1.54, 1.807) is 0 Å². The van der Waals surface area contributed by atoms with E-state index in [4.69, 9.17) is 14.5 Å². The van der Waals surface area contributed by atoms with E-state index in [-0.39, 0.29) is 0 Å². The van der Waals surface area contributed by atoms with E-state index in [0.717, 1.165) is 53.1 Å². The van der Waals surface area contributed by atoms with Crippen LogP contribution in [0.15, 0.2) is 84.9 Å². The van der Waals surface area contributed by atoms with Crippen molar-refractivity contribution in [2.75, 3.05) is 6.61 Å². The van der Waals surface area contributed by atoms with E-state index in [9.17, 15) is 0 Å². The summed E-state index contributed by atoms with van der Waals surface area (Å²) in [5.41, 5.74) is 4.60. The number of imidazole rings is 1. The maximum atomic E-state index is 6.35. The van der Waals surface area contributed by atoms with Crippen molar-refractivity contribution < 1.29 is 9.47 Å². The van der Waals surface area contributed by atoms with E-state index < -0.39 is 0 Å². The van der Waals surface area contributed by atoms with Gasteiger partial charge in [-0.1, -0.05) is 74.5 Å². The van der Waals surface area contributed by atoms with Crippen LogP contribution < -0.4 is 9.47 Å². The Balaban J connectivity index is 1.26. The number of unbranched alkanes of at least 4 members (excludes halogenated alkanes) is 1. The van der Waals surface area contributed by atoms with Crippen molar-refractivity contribution in [2.45, 2.75) is 52.7 Å². The molecular weight excluding hydrogens is 444 g/mol. The number of nitrogens with zero attached hydrogens (tertiary/aromatic N) is 2. The number of hydrogen-bond acceptors (Lipinski definition) is 3. The summed E-state index contributed by atoms with van der Waals surface area (Å²) in [6.45, 7) is 8.52. The van der Waals surface area contributed by atoms with Crippen LogP contribution in [0.3, 0.4) is 0 Å². The molecule has 0 unspecified atom stereocenters. The zero-order valence-corrected chi connectivity index (χ0v) is 21.4. The van der Waals surface area contributed by atoms with Crippen molar-refractivity contribution in [1.82, 2.24) is 9.55 Å². The standard InChI is InChI=1S/C32H34N2O2/c1-23(2)26-18-17-24(3)21-31(26)36-22-32-33-28-14-6-7-15-29(28)34(32)19-8-9-20-35-30-16-10-12-25-11-4-5-13-27(25)30/h4-7,10-18,21,23H,8-9,19-20,22H2,1-3H3. The van der Waals surface area contributed by atoms with Crippen molar-refractivity contribution in [1.29, 1.82) is 0 Å². The van der Waals surface area contributed by atoms with Gasteiger partial charge in [0.15, 0.2) is 0 Å². The molecule has 0 bridgehead atoms. The largest absolute Gasteiger partial charge is 0.493 e. The second-order valence-electron chi connectivity index (χ2n) is 9.69. The Kier molecular flexibility index (Phi) is 7.22. The zero-order chi connectivity index (χ0) is 24.9. The molecule has 0 N–H and O–H groups in total. The van der Waals surface area contributed by atoms with Gasteiger partial charge in [0.2, 0.25) is 0 Å². The van der Waals surface area contributed by atoms with Gasteiger partial charge >= 0.3 is 0 Å². The SMILES string of the molecule is Cc1ccc(C(C)C)c(OCc2nc3ccccc3n2CCCCOc2cccc3ccccc23)c1. The molecule has 0 aliphatic rings. The summed E-state index contributed by atoms with van der Waals surface area (Å²) >= 11 is 0. The lowest BCUT2D eigenvalue weighted by atomic mass is 10.0. The smallest absolute Gasteiger partial charge is 0.147 e. The van der Waals surface area contributed by atoms with Gasteiger partial charge in [-0.2, -0.15) is 0 Å². The van der Waals surface area contributed by atoms with E-state index >= 15 is 0 Å². The molecule has 0 aliphatic heterocycles. The number of aromatic nitrogens is 2. The maximum absolute atomic E-state index is 6.35. The lowest BCUT2D eigenvalue weighted by Gasteiger charge is -2.16. The molecule has 0 radical (unpaired) electrons. The third-order valence-electron chi connectivity index (χ3n) is 6.66. The van der Waals surface area contributed by atoms with Crippen molar-refractivity contribution in [3.63, 3.8) is 0 Å². The van der Waals surface area contributed by atoms with Crippen LogP contribution >= 0.6 is 0 Å². The first kappa shape index (κ1) is 23.9. The van der Waals surface area contributed by atoms with E-state index in [0.29, 0.717) is 19.1 Å². The molecule has 184 valence electrons. The Hall–Kier alpha value is -3.79. The van der Waals surface area contributed by atoms with Gasteiger partial charge in [0, 0.05) is 11.9 Å². The van der Waals surface area contributed by atoms with Gasteiger partial charge in [-0.25, -0.2) is 4.98 Å². The zero-order valence-electron chi connectivity index (χ0n) is 21.4. The second-order valence-corrected chi connectivity index (χ2v) is 9.69. The summed E-state index contributed by atoms with van der Waals surface area (Å²) < 4.78 is 14.8. The Labute approximate surface area is 213 Å². The molecule has 1 heterocycles. The molecule has 0 amide bonds. The average Bonchev–Trinajstić information content (AvgIpc) is 3.24. The fourth-order valence-corrected chi connectivity index (χ4v) is 4.75. The van der Waals surface area contributed by atoms with Gasteiger partial charge in [0.1, 0.15) is 23.9 Å². The average molecular weight is 479 g/mol. The predicted molar refractivity (Wildman–Crippen MR) is 148 cm³/mol. The van der Waals surface area contributed by atoms with Crippen LogP contribution in [0.5, 0.6) is 11.5 Å². The molecule has 0 saturated carbocycles. The van der Waals surface area contributed by atoms with Crippen molar-refractivity contribution >= 4 is 21.8 Å².